The summed E-state index contributed by atoms with van der Waals surface area (Å²) in [7, 11) is 0. The highest BCUT2D eigenvalue weighted by Crippen LogP contribution is 2.09. The van der Waals surface area contributed by atoms with Crippen molar-refractivity contribution >= 4 is 21.7 Å². The average molecular weight is 138 g/mol. The number of nitrogens with zero attached hydrogens (tertiary/aromatic N) is 4. The zero-order valence-corrected chi connectivity index (χ0v) is 5.17. The lowest BCUT2D eigenvalue weighted by Gasteiger charge is -1.76. The summed E-state index contributed by atoms with van der Waals surface area (Å²) in [5.41, 5.74) is 0.815. The SMILES string of the molecule is c1nncc2snnc12. The third-order valence-corrected chi connectivity index (χ3v) is 1.64. The number of rotatable bonds is 0. The summed E-state index contributed by atoms with van der Waals surface area (Å²) in [5, 5.41) is 11.1. The van der Waals surface area contributed by atoms with Crippen molar-refractivity contribution in [2.45, 2.75) is 0 Å². The number of fused-ring (bicyclic) bond motifs is 1. The van der Waals surface area contributed by atoms with Gasteiger partial charge in [0, 0.05) is 0 Å². The van der Waals surface area contributed by atoms with Crippen LogP contribution in [0.4, 0.5) is 0 Å². The first-order valence-corrected chi connectivity index (χ1v) is 3.13. The molecule has 0 amide bonds. The first-order chi connectivity index (χ1) is 4.47. The van der Waals surface area contributed by atoms with Gasteiger partial charge in [0.25, 0.3) is 0 Å². The molecule has 0 bridgehead atoms. The summed E-state index contributed by atoms with van der Waals surface area (Å²) in [5.74, 6) is 0. The lowest BCUT2D eigenvalue weighted by molar-refractivity contribution is 1.04. The standard InChI is InChI=1S/C4H2N4S/c1-3-4(2-6-5-1)9-8-7-3/h1-2H. The van der Waals surface area contributed by atoms with Gasteiger partial charge in [-0.15, -0.1) is 5.10 Å². The number of hydrogen-bond acceptors (Lipinski definition) is 5. The zero-order valence-electron chi connectivity index (χ0n) is 4.35. The van der Waals surface area contributed by atoms with Crippen molar-refractivity contribution in [2.75, 3.05) is 0 Å². The Labute approximate surface area is 54.7 Å². The van der Waals surface area contributed by atoms with Gasteiger partial charge in [0.1, 0.15) is 5.52 Å². The highest BCUT2D eigenvalue weighted by molar-refractivity contribution is 7.12. The molecule has 0 radical (unpaired) electrons. The van der Waals surface area contributed by atoms with Gasteiger partial charge in [-0.25, -0.2) is 0 Å². The van der Waals surface area contributed by atoms with Crippen LogP contribution in [-0.4, -0.2) is 19.8 Å². The van der Waals surface area contributed by atoms with Crippen molar-refractivity contribution in [1.29, 1.82) is 0 Å². The molecule has 5 heteroatoms. The highest BCUT2D eigenvalue weighted by atomic mass is 32.1. The summed E-state index contributed by atoms with van der Waals surface area (Å²) in [6.07, 6.45) is 3.25. The Morgan fingerprint density at radius 1 is 1.22 bits per heavy atom. The van der Waals surface area contributed by atoms with Crippen molar-refractivity contribution in [2.24, 2.45) is 0 Å². The molecule has 0 aliphatic carbocycles. The minimum absolute atomic E-state index is 0.815. The van der Waals surface area contributed by atoms with Gasteiger partial charge >= 0.3 is 0 Å². The maximum absolute atomic E-state index is 3.78. The lowest BCUT2D eigenvalue weighted by atomic mass is 10.5. The fourth-order valence-corrected chi connectivity index (χ4v) is 1.06. The van der Waals surface area contributed by atoms with Crippen molar-refractivity contribution in [1.82, 2.24) is 19.8 Å². The molecule has 0 aliphatic rings. The quantitative estimate of drug-likeness (QED) is 0.531. The molecule has 0 N–H and O–H groups in total. The van der Waals surface area contributed by atoms with Crippen LogP contribution in [0.5, 0.6) is 0 Å². The fraction of sp³-hybridized carbons (Fsp3) is 0. The van der Waals surface area contributed by atoms with E-state index in [2.05, 4.69) is 19.8 Å². The van der Waals surface area contributed by atoms with E-state index in [4.69, 9.17) is 0 Å². The van der Waals surface area contributed by atoms with Crippen LogP contribution in [-0.2, 0) is 0 Å². The predicted octanol–water partition coefficient (Wildman–Crippen LogP) is 0.481. The van der Waals surface area contributed by atoms with Crippen LogP contribution in [0.1, 0.15) is 0 Å². The summed E-state index contributed by atoms with van der Waals surface area (Å²) in [6.45, 7) is 0. The van der Waals surface area contributed by atoms with E-state index >= 15 is 0 Å². The van der Waals surface area contributed by atoms with Crippen LogP contribution < -0.4 is 0 Å². The van der Waals surface area contributed by atoms with Gasteiger partial charge in [-0.2, -0.15) is 10.2 Å². The monoisotopic (exact) mass is 138 g/mol. The van der Waals surface area contributed by atoms with Gasteiger partial charge in [-0.1, -0.05) is 4.49 Å². The minimum atomic E-state index is 0.815. The number of aromatic nitrogens is 4. The van der Waals surface area contributed by atoms with Crippen molar-refractivity contribution in [3.05, 3.63) is 12.4 Å². The van der Waals surface area contributed by atoms with Crippen LogP contribution in [0.25, 0.3) is 10.2 Å². The molecule has 2 rings (SSSR count). The molecule has 2 heterocycles. The van der Waals surface area contributed by atoms with Crippen molar-refractivity contribution < 1.29 is 0 Å². The smallest absolute Gasteiger partial charge is 0.127 e. The third-order valence-electron chi connectivity index (χ3n) is 0.962. The molecular formula is C4H2N4S. The third kappa shape index (κ3) is 0.655. The molecule has 2 aromatic heterocycles. The van der Waals surface area contributed by atoms with Crippen molar-refractivity contribution in [3.8, 4) is 0 Å². The molecule has 2 aromatic rings. The van der Waals surface area contributed by atoms with Crippen LogP contribution in [0.15, 0.2) is 12.4 Å². The summed E-state index contributed by atoms with van der Waals surface area (Å²) < 4.78 is 4.69. The molecule has 4 nitrogen and oxygen atoms in total. The average Bonchev–Trinajstić information content (AvgIpc) is 2.33. The van der Waals surface area contributed by atoms with E-state index < -0.39 is 0 Å². The van der Waals surface area contributed by atoms with E-state index in [0.717, 1.165) is 10.2 Å². The first kappa shape index (κ1) is 4.75. The Balaban J connectivity index is 2.95. The second kappa shape index (κ2) is 1.70. The Hall–Kier alpha value is -1.10. The largest absolute Gasteiger partial charge is 0.157 e. The Bertz CT molecular complexity index is 287. The Kier molecular flexibility index (Phi) is 0.895. The lowest BCUT2D eigenvalue weighted by Crippen LogP contribution is -1.75. The first-order valence-electron chi connectivity index (χ1n) is 2.35. The molecular weight excluding hydrogens is 136 g/mol. The highest BCUT2D eigenvalue weighted by Gasteiger charge is 1.93. The molecule has 0 saturated heterocycles. The van der Waals surface area contributed by atoms with E-state index in [1.807, 2.05) is 0 Å². The molecule has 9 heavy (non-hydrogen) atoms. The Morgan fingerprint density at radius 2 is 2.11 bits per heavy atom. The van der Waals surface area contributed by atoms with Crippen molar-refractivity contribution in [3.63, 3.8) is 0 Å². The maximum Gasteiger partial charge on any atom is 0.127 e. The molecule has 0 aliphatic heterocycles. The van der Waals surface area contributed by atoms with Crippen LogP contribution >= 0.6 is 11.5 Å². The van der Waals surface area contributed by atoms with Gasteiger partial charge in [-0.05, 0) is 11.5 Å². The molecule has 0 saturated carbocycles. The molecule has 0 spiro atoms. The van der Waals surface area contributed by atoms with E-state index in [0.29, 0.717) is 0 Å². The van der Waals surface area contributed by atoms with Gasteiger partial charge in [0.2, 0.25) is 0 Å². The molecule has 0 unspecified atom stereocenters. The number of hydrogen-bond donors (Lipinski definition) is 0. The molecule has 44 valence electrons. The summed E-state index contributed by atoms with van der Waals surface area (Å²) in [4.78, 5) is 0. The fourth-order valence-electron chi connectivity index (χ4n) is 0.557. The minimum Gasteiger partial charge on any atom is -0.157 e. The summed E-state index contributed by atoms with van der Waals surface area (Å²) in [6, 6.07) is 0. The van der Waals surface area contributed by atoms with E-state index in [1.54, 1.807) is 12.4 Å². The van der Waals surface area contributed by atoms with Crippen LogP contribution in [0.2, 0.25) is 0 Å². The van der Waals surface area contributed by atoms with Gasteiger partial charge in [0.15, 0.2) is 0 Å². The second-order valence-electron chi connectivity index (χ2n) is 1.51. The second-order valence-corrected chi connectivity index (χ2v) is 2.30. The topological polar surface area (TPSA) is 51.6 Å². The summed E-state index contributed by atoms with van der Waals surface area (Å²) >= 11 is 1.32. The van der Waals surface area contributed by atoms with Gasteiger partial charge < -0.3 is 0 Å². The predicted molar refractivity (Wildman–Crippen MR) is 33.0 cm³/mol. The molecule has 0 atom stereocenters. The van der Waals surface area contributed by atoms with Crippen LogP contribution in [0.3, 0.4) is 0 Å². The van der Waals surface area contributed by atoms with E-state index in [-0.39, 0.29) is 0 Å². The zero-order chi connectivity index (χ0) is 6.10. The van der Waals surface area contributed by atoms with Gasteiger partial charge in [-0.3, -0.25) is 0 Å². The van der Waals surface area contributed by atoms with Gasteiger partial charge in [0.05, 0.1) is 17.1 Å². The van der Waals surface area contributed by atoms with E-state index in [9.17, 15) is 0 Å². The van der Waals surface area contributed by atoms with E-state index in [1.165, 1.54) is 11.5 Å². The Morgan fingerprint density at radius 3 is 3.00 bits per heavy atom. The maximum atomic E-state index is 3.78. The normalized spacial score (nSPS) is 10.2. The molecule has 0 fully saturated rings. The van der Waals surface area contributed by atoms with Crippen LogP contribution in [0, 0.1) is 0 Å². The molecule has 0 aromatic carbocycles.